The Hall–Kier alpha value is -1.04. The van der Waals surface area contributed by atoms with Crippen molar-refractivity contribution in [2.24, 2.45) is 0 Å². The Morgan fingerprint density at radius 1 is 1.27 bits per heavy atom. The standard InChI is InChI=1S/C9H11F3O3/c1-14-6-2-4-7(5-3-6)15-8(13)9(10,11)12/h2,4,6-7H,3,5H2,1H3/t6-,7-/m1/s1. The van der Waals surface area contributed by atoms with Crippen LogP contribution in [0.25, 0.3) is 0 Å². The second-order valence-corrected chi connectivity index (χ2v) is 3.18. The maximum atomic E-state index is 11.8. The van der Waals surface area contributed by atoms with Gasteiger partial charge in [0.15, 0.2) is 0 Å². The molecule has 0 N–H and O–H groups in total. The van der Waals surface area contributed by atoms with Crippen molar-refractivity contribution in [1.82, 2.24) is 0 Å². The summed E-state index contributed by atoms with van der Waals surface area (Å²) in [7, 11) is 1.51. The van der Waals surface area contributed by atoms with Crippen LogP contribution in [0.5, 0.6) is 0 Å². The van der Waals surface area contributed by atoms with Gasteiger partial charge in [0.25, 0.3) is 0 Å². The number of hydrogen-bond donors (Lipinski definition) is 0. The molecular weight excluding hydrogens is 213 g/mol. The van der Waals surface area contributed by atoms with Crippen molar-refractivity contribution in [3.8, 4) is 0 Å². The molecule has 0 aromatic rings. The molecule has 1 aliphatic rings. The van der Waals surface area contributed by atoms with Crippen LogP contribution in [0.2, 0.25) is 0 Å². The van der Waals surface area contributed by atoms with E-state index in [4.69, 9.17) is 4.74 Å². The predicted molar refractivity (Wildman–Crippen MR) is 45.1 cm³/mol. The zero-order valence-electron chi connectivity index (χ0n) is 8.08. The molecule has 1 aliphatic carbocycles. The van der Waals surface area contributed by atoms with E-state index in [1.165, 1.54) is 13.2 Å². The summed E-state index contributed by atoms with van der Waals surface area (Å²) in [6.07, 6.45) is -1.93. The number of carbonyl (C=O) groups excluding carboxylic acids is 1. The minimum Gasteiger partial charge on any atom is -0.451 e. The lowest BCUT2D eigenvalue weighted by Crippen LogP contribution is -2.31. The third kappa shape index (κ3) is 3.54. The van der Waals surface area contributed by atoms with Crippen LogP contribution in [-0.2, 0) is 14.3 Å². The zero-order valence-corrected chi connectivity index (χ0v) is 8.08. The molecule has 0 amide bonds. The molecule has 0 radical (unpaired) electrons. The fourth-order valence-corrected chi connectivity index (χ4v) is 1.27. The third-order valence-corrected chi connectivity index (χ3v) is 2.07. The van der Waals surface area contributed by atoms with Gasteiger partial charge in [0.05, 0.1) is 6.10 Å². The highest BCUT2D eigenvalue weighted by Gasteiger charge is 2.42. The first-order valence-corrected chi connectivity index (χ1v) is 4.42. The van der Waals surface area contributed by atoms with Crippen molar-refractivity contribution < 1.29 is 27.4 Å². The lowest BCUT2D eigenvalue weighted by Gasteiger charge is -2.22. The maximum Gasteiger partial charge on any atom is 0.490 e. The van der Waals surface area contributed by atoms with Gasteiger partial charge >= 0.3 is 12.1 Å². The molecule has 0 saturated carbocycles. The van der Waals surface area contributed by atoms with Gasteiger partial charge < -0.3 is 9.47 Å². The van der Waals surface area contributed by atoms with Crippen molar-refractivity contribution in [2.75, 3.05) is 7.11 Å². The van der Waals surface area contributed by atoms with Crippen LogP contribution in [0.4, 0.5) is 13.2 Å². The number of halogens is 3. The van der Waals surface area contributed by atoms with Crippen LogP contribution in [0.15, 0.2) is 12.2 Å². The van der Waals surface area contributed by atoms with Gasteiger partial charge in [-0.15, -0.1) is 0 Å². The zero-order chi connectivity index (χ0) is 11.5. The smallest absolute Gasteiger partial charge is 0.451 e. The number of hydrogen-bond acceptors (Lipinski definition) is 3. The van der Waals surface area contributed by atoms with Crippen LogP contribution in [-0.4, -0.2) is 31.5 Å². The number of rotatable bonds is 2. The van der Waals surface area contributed by atoms with Gasteiger partial charge in [0.1, 0.15) is 6.10 Å². The Labute approximate surface area is 84.8 Å². The minimum atomic E-state index is -4.92. The summed E-state index contributed by atoms with van der Waals surface area (Å²) >= 11 is 0. The molecule has 1 rings (SSSR count). The Morgan fingerprint density at radius 3 is 2.20 bits per heavy atom. The molecule has 3 nitrogen and oxygen atoms in total. The summed E-state index contributed by atoms with van der Waals surface area (Å²) in [5, 5.41) is 0. The SMILES string of the molecule is CO[C@@H]1C=C[C@@H](OC(=O)C(F)(F)F)CC1. The molecule has 0 aromatic carbocycles. The Bertz CT molecular complexity index is 260. The van der Waals surface area contributed by atoms with E-state index in [9.17, 15) is 18.0 Å². The summed E-state index contributed by atoms with van der Waals surface area (Å²) in [6, 6.07) is 0. The fourth-order valence-electron chi connectivity index (χ4n) is 1.27. The molecule has 0 aromatic heterocycles. The van der Waals surface area contributed by atoms with E-state index in [0.717, 1.165) is 0 Å². The molecule has 0 bridgehead atoms. The highest BCUT2D eigenvalue weighted by Crippen LogP contribution is 2.22. The molecule has 15 heavy (non-hydrogen) atoms. The van der Waals surface area contributed by atoms with Crippen molar-refractivity contribution in [3.63, 3.8) is 0 Å². The molecule has 0 aliphatic heterocycles. The number of methoxy groups -OCH3 is 1. The molecule has 86 valence electrons. The van der Waals surface area contributed by atoms with Crippen molar-refractivity contribution >= 4 is 5.97 Å². The Kier molecular flexibility index (Phi) is 3.73. The summed E-state index contributed by atoms with van der Waals surface area (Å²) in [4.78, 5) is 10.5. The lowest BCUT2D eigenvalue weighted by atomic mass is 10.0. The summed E-state index contributed by atoms with van der Waals surface area (Å²) < 4.78 is 44.7. The maximum absolute atomic E-state index is 11.8. The van der Waals surface area contributed by atoms with Crippen molar-refractivity contribution in [1.29, 1.82) is 0 Å². The fraction of sp³-hybridized carbons (Fsp3) is 0.667. The van der Waals surface area contributed by atoms with Gasteiger partial charge in [-0.2, -0.15) is 13.2 Å². The Balaban J connectivity index is 2.45. The highest BCUT2D eigenvalue weighted by atomic mass is 19.4. The molecule has 0 spiro atoms. The summed E-state index contributed by atoms with van der Waals surface area (Å²) in [6.45, 7) is 0. The minimum absolute atomic E-state index is 0.106. The number of esters is 1. The third-order valence-electron chi connectivity index (χ3n) is 2.07. The molecule has 0 heterocycles. The van der Waals surface area contributed by atoms with Crippen LogP contribution >= 0.6 is 0 Å². The first kappa shape index (κ1) is 12.0. The molecule has 6 heteroatoms. The van der Waals surface area contributed by atoms with Crippen LogP contribution in [0, 0.1) is 0 Å². The van der Waals surface area contributed by atoms with Gasteiger partial charge in [-0.05, 0) is 18.9 Å². The lowest BCUT2D eigenvalue weighted by molar-refractivity contribution is -0.203. The average molecular weight is 224 g/mol. The molecule has 0 saturated heterocycles. The van der Waals surface area contributed by atoms with Crippen LogP contribution in [0.3, 0.4) is 0 Å². The van der Waals surface area contributed by atoms with Gasteiger partial charge in [-0.3, -0.25) is 0 Å². The van der Waals surface area contributed by atoms with Gasteiger partial charge in [0, 0.05) is 7.11 Å². The van der Waals surface area contributed by atoms with E-state index in [2.05, 4.69) is 4.74 Å². The largest absolute Gasteiger partial charge is 0.490 e. The Morgan fingerprint density at radius 2 is 1.80 bits per heavy atom. The second kappa shape index (κ2) is 4.65. The van der Waals surface area contributed by atoms with E-state index in [-0.39, 0.29) is 6.10 Å². The normalized spacial score (nSPS) is 26.4. The monoisotopic (exact) mass is 224 g/mol. The van der Waals surface area contributed by atoms with E-state index < -0.39 is 18.2 Å². The van der Waals surface area contributed by atoms with Crippen LogP contribution in [0.1, 0.15) is 12.8 Å². The molecule has 0 unspecified atom stereocenters. The highest BCUT2D eigenvalue weighted by molar-refractivity contribution is 5.75. The first-order valence-electron chi connectivity index (χ1n) is 4.42. The number of alkyl halides is 3. The first-order chi connectivity index (χ1) is 6.93. The molecular formula is C9H11F3O3. The van der Waals surface area contributed by atoms with Gasteiger partial charge in [0.2, 0.25) is 0 Å². The molecule has 2 atom stereocenters. The average Bonchev–Trinajstić information content (AvgIpc) is 2.17. The second-order valence-electron chi connectivity index (χ2n) is 3.18. The number of carbonyl (C=O) groups is 1. The molecule has 0 fully saturated rings. The quantitative estimate of drug-likeness (QED) is 0.530. The van der Waals surface area contributed by atoms with Crippen molar-refractivity contribution in [3.05, 3.63) is 12.2 Å². The summed E-state index contributed by atoms with van der Waals surface area (Å²) in [5.41, 5.74) is 0. The van der Waals surface area contributed by atoms with Gasteiger partial charge in [-0.1, -0.05) is 6.08 Å². The van der Waals surface area contributed by atoms with Crippen LogP contribution < -0.4 is 0 Å². The van der Waals surface area contributed by atoms with E-state index >= 15 is 0 Å². The topological polar surface area (TPSA) is 35.5 Å². The van der Waals surface area contributed by atoms with E-state index in [1.807, 2.05) is 0 Å². The number of ether oxygens (including phenoxy) is 2. The van der Waals surface area contributed by atoms with E-state index in [1.54, 1.807) is 6.08 Å². The predicted octanol–water partition coefficient (Wildman–Crippen LogP) is 1.83. The van der Waals surface area contributed by atoms with Crippen molar-refractivity contribution in [2.45, 2.75) is 31.2 Å². The van der Waals surface area contributed by atoms with Gasteiger partial charge in [-0.25, -0.2) is 4.79 Å². The summed E-state index contributed by atoms with van der Waals surface area (Å²) in [5.74, 6) is -2.15. The van der Waals surface area contributed by atoms with E-state index in [0.29, 0.717) is 12.8 Å².